The first kappa shape index (κ1) is 20.2. The highest BCUT2D eigenvalue weighted by Crippen LogP contribution is 2.32. The van der Waals surface area contributed by atoms with Gasteiger partial charge in [0.2, 0.25) is 0 Å². The Labute approximate surface area is 148 Å². The largest absolute Gasteiger partial charge is 0.416 e. The first-order chi connectivity index (χ1) is 12.1. The van der Waals surface area contributed by atoms with E-state index in [4.69, 9.17) is 0 Å². The summed E-state index contributed by atoms with van der Waals surface area (Å²) < 4.78 is 39.6. The SMILES string of the molecule is FC(F)(F)c1ccccc1CN1CCCNCCNCCCNCC1. The van der Waals surface area contributed by atoms with Crippen LogP contribution in [0.3, 0.4) is 0 Å². The molecule has 0 aliphatic carbocycles. The van der Waals surface area contributed by atoms with Gasteiger partial charge in [-0.2, -0.15) is 13.2 Å². The van der Waals surface area contributed by atoms with Gasteiger partial charge in [0.25, 0.3) is 0 Å². The lowest BCUT2D eigenvalue weighted by Gasteiger charge is -2.25. The normalized spacial score (nSPS) is 20.1. The molecule has 3 N–H and O–H groups in total. The van der Waals surface area contributed by atoms with Crippen LogP contribution in [0.1, 0.15) is 24.0 Å². The highest BCUT2D eigenvalue weighted by Gasteiger charge is 2.33. The first-order valence-corrected chi connectivity index (χ1v) is 9.07. The average Bonchev–Trinajstić information content (AvgIpc) is 2.58. The van der Waals surface area contributed by atoms with Crippen molar-refractivity contribution in [3.63, 3.8) is 0 Å². The van der Waals surface area contributed by atoms with Gasteiger partial charge in [-0.15, -0.1) is 0 Å². The lowest BCUT2D eigenvalue weighted by atomic mass is 10.1. The smallest absolute Gasteiger partial charge is 0.315 e. The molecule has 1 fully saturated rings. The number of hydrogen-bond acceptors (Lipinski definition) is 4. The van der Waals surface area contributed by atoms with Crippen LogP contribution in [-0.2, 0) is 12.7 Å². The minimum Gasteiger partial charge on any atom is -0.315 e. The van der Waals surface area contributed by atoms with Gasteiger partial charge in [0.15, 0.2) is 0 Å². The second kappa shape index (κ2) is 10.8. The van der Waals surface area contributed by atoms with Gasteiger partial charge in [0.05, 0.1) is 5.56 Å². The molecule has 7 heteroatoms. The molecule has 2 rings (SSSR count). The standard InChI is InChI=1S/C18H29F3N4/c19-18(20,21)17-6-2-1-5-16(17)15-25-13-4-9-23-11-10-22-7-3-8-24-12-14-25/h1-2,5-6,22-24H,3-4,7-15H2. The molecule has 0 saturated carbocycles. The third kappa shape index (κ3) is 7.73. The van der Waals surface area contributed by atoms with Crippen molar-refractivity contribution in [1.29, 1.82) is 0 Å². The molecular weight excluding hydrogens is 329 g/mol. The highest BCUT2D eigenvalue weighted by molar-refractivity contribution is 5.29. The molecule has 0 bridgehead atoms. The Balaban J connectivity index is 1.96. The first-order valence-electron chi connectivity index (χ1n) is 9.07. The molecule has 1 aliphatic rings. The summed E-state index contributed by atoms with van der Waals surface area (Å²) in [6, 6.07) is 5.90. The van der Waals surface area contributed by atoms with Gasteiger partial charge < -0.3 is 16.0 Å². The highest BCUT2D eigenvalue weighted by atomic mass is 19.4. The summed E-state index contributed by atoms with van der Waals surface area (Å²) in [5, 5.41) is 10.1. The second-order valence-electron chi connectivity index (χ2n) is 6.39. The van der Waals surface area contributed by atoms with E-state index in [9.17, 15) is 13.2 Å². The van der Waals surface area contributed by atoms with Gasteiger partial charge in [-0.25, -0.2) is 0 Å². The van der Waals surface area contributed by atoms with Crippen molar-refractivity contribution in [2.24, 2.45) is 0 Å². The fourth-order valence-corrected chi connectivity index (χ4v) is 3.00. The molecule has 0 spiro atoms. The Kier molecular flexibility index (Phi) is 8.67. The summed E-state index contributed by atoms with van der Waals surface area (Å²) >= 11 is 0. The van der Waals surface area contributed by atoms with E-state index in [1.54, 1.807) is 12.1 Å². The van der Waals surface area contributed by atoms with E-state index in [0.29, 0.717) is 12.1 Å². The number of benzene rings is 1. The van der Waals surface area contributed by atoms with Gasteiger partial charge in [0.1, 0.15) is 0 Å². The van der Waals surface area contributed by atoms with Gasteiger partial charge in [-0.1, -0.05) is 18.2 Å². The lowest BCUT2D eigenvalue weighted by Crippen LogP contribution is -2.37. The summed E-state index contributed by atoms with van der Waals surface area (Å²) in [5.74, 6) is 0. The van der Waals surface area contributed by atoms with Crippen LogP contribution in [0.4, 0.5) is 13.2 Å². The summed E-state index contributed by atoms with van der Waals surface area (Å²) in [6.07, 6.45) is -2.32. The molecule has 1 aliphatic heterocycles. The molecule has 142 valence electrons. The van der Waals surface area contributed by atoms with Crippen LogP contribution in [0.5, 0.6) is 0 Å². The van der Waals surface area contributed by atoms with Crippen LogP contribution in [-0.4, -0.2) is 57.3 Å². The Morgan fingerprint density at radius 2 is 1.44 bits per heavy atom. The Morgan fingerprint density at radius 3 is 2.16 bits per heavy atom. The average molecular weight is 358 g/mol. The van der Waals surface area contributed by atoms with Crippen molar-refractivity contribution in [3.05, 3.63) is 35.4 Å². The number of hydrogen-bond donors (Lipinski definition) is 3. The van der Waals surface area contributed by atoms with Crippen molar-refractivity contribution in [3.8, 4) is 0 Å². The van der Waals surface area contributed by atoms with Gasteiger partial charge in [-0.05, 0) is 50.7 Å². The van der Waals surface area contributed by atoms with E-state index in [1.165, 1.54) is 12.1 Å². The van der Waals surface area contributed by atoms with Crippen LogP contribution >= 0.6 is 0 Å². The van der Waals surface area contributed by atoms with Crippen molar-refractivity contribution >= 4 is 0 Å². The molecule has 0 unspecified atom stereocenters. The van der Waals surface area contributed by atoms with Crippen molar-refractivity contribution in [1.82, 2.24) is 20.9 Å². The van der Waals surface area contributed by atoms with E-state index in [-0.39, 0.29) is 0 Å². The maximum Gasteiger partial charge on any atom is 0.416 e. The van der Waals surface area contributed by atoms with Crippen molar-refractivity contribution < 1.29 is 13.2 Å². The predicted octanol–water partition coefficient (Wildman–Crippen LogP) is 2.07. The molecule has 1 aromatic carbocycles. The van der Waals surface area contributed by atoms with E-state index in [1.807, 2.05) is 0 Å². The van der Waals surface area contributed by atoms with Crippen LogP contribution in [0.2, 0.25) is 0 Å². The third-order valence-corrected chi connectivity index (χ3v) is 4.34. The molecule has 0 amide bonds. The number of nitrogens with one attached hydrogen (secondary N) is 3. The van der Waals surface area contributed by atoms with Crippen LogP contribution in [0.25, 0.3) is 0 Å². The zero-order valence-electron chi connectivity index (χ0n) is 14.7. The molecule has 25 heavy (non-hydrogen) atoms. The molecule has 1 aromatic rings. The molecule has 0 aromatic heterocycles. The molecule has 1 heterocycles. The number of rotatable bonds is 2. The molecular formula is C18H29F3N4. The molecule has 0 atom stereocenters. The second-order valence-corrected chi connectivity index (χ2v) is 6.39. The monoisotopic (exact) mass is 358 g/mol. The summed E-state index contributed by atoms with van der Waals surface area (Å²) in [4.78, 5) is 2.11. The Morgan fingerprint density at radius 1 is 0.800 bits per heavy atom. The van der Waals surface area contributed by atoms with Crippen molar-refractivity contribution in [2.75, 3.05) is 52.4 Å². The molecule has 1 saturated heterocycles. The number of halogens is 3. The molecule has 0 radical (unpaired) electrons. The number of alkyl halides is 3. The predicted molar refractivity (Wildman–Crippen MR) is 94.6 cm³/mol. The number of nitrogens with zero attached hydrogens (tertiary/aromatic N) is 1. The van der Waals surface area contributed by atoms with E-state index in [0.717, 1.165) is 65.2 Å². The fraction of sp³-hybridized carbons (Fsp3) is 0.667. The van der Waals surface area contributed by atoms with E-state index < -0.39 is 11.7 Å². The quantitative estimate of drug-likeness (QED) is 0.757. The minimum atomic E-state index is -4.30. The third-order valence-electron chi connectivity index (χ3n) is 4.34. The van der Waals surface area contributed by atoms with Crippen LogP contribution in [0, 0.1) is 0 Å². The zero-order chi connectivity index (χ0) is 18.0. The topological polar surface area (TPSA) is 39.3 Å². The minimum absolute atomic E-state index is 0.332. The zero-order valence-corrected chi connectivity index (χ0v) is 14.7. The van der Waals surface area contributed by atoms with Crippen LogP contribution in [0.15, 0.2) is 24.3 Å². The van der Waals surface area contributed by atoms with Crippen LogP contribution < -0.4 is 16.0 Å². The van der Waals surface area contributed by atoms with E-state index in [2.05, 4.69) is 20.9 Å². The summed E-state index contributed by atoms with van der Waals surface area (Å²) in [6.45, 7) is 7.32. The maximum absolute atomic E-state index is 13.2. The fourth-order valence-electron chi connectivity index (χ4n) is 3.00. The summed E-state index contributed by atoms with van der Waals surface area (Å²) in [5.41, 5.74) is -0.167. The van der Waals surface area contributed by atoms with Crippen molar-refractivity contribution in [2.45, 2.75) is 25.6 Å². The van der Waals surface area contributed by atoms with E-state index >= 15 is 0 Å². The maximum atomic E-state index is 13.2. The van der Waals surface area contributed by atoms with Gasteiger partial charge >= 0.3 is 6.18 Å². The molecule has 4 nitrogen and oxygen atoms in total. The summed E-state index contributed by atoms with van der Waals surface area (Å²) in [7, 11) is 0. The van der Waals surface area contributed by atoms with Gasteiger partial charge in [-0.3, -0.25) is 4.90 Å². The Hall–Kier alpha value is -1.15. The van der Waals surface area contributed by atoms with Gasteiger partial charge in [0, 0.05) is 32.7 Å². The Bertz CT molecular complexity index is 479. The lowest BCUT2D eigenvalue weighted by molar-refractivity contribution is -0.138.